The molecule has 1 saturated carbocycles. The van der Waals surface area contributed by atoms with E-state index in [9.17, 15) is 4.79 Å². The number of benzene rings is 1. The molecule has 2 rings (SSSR count). The van der Waals surface area contributed by atoms with E-state index in [1.54, 1.807) is 33.5 Å². The number of ether oxygens (including phenoxy) is 4. The number of hydrogen-bond donors (Lipinski definition) is 0. The minimum Gasteiger partial charge on any atom is -0.493 e. The number of hydrogen-bond acceptors (Lipinski definition) is 5. The number of carbonyl (C=O) groups excluding carboxylic acids is 1. The van der Waals surface area contributed by atoms with E-state index in [-0.39, 0.29) is 11.9 Å². The van der Waals surface area contributed by atoms with Crippen LogP contribution < -0.4 is 18.9 Å². The SMILES string of the molecule is COc1cc(OC2CCCC(=O)C2)cc(OC)c1OC. The maximum atomic E-state index is 11.5. The van der Waals surface area contributed by atoms with Crippen LogP contribution in [0.2, 0.25) is 0 Å². The number of ketones is 1. The fourth-order valence-corrected chi connectivity index (χ4v) is 2.40. The largest absolute Gasteiger partial charge is 0.493 e. The molecular formula is C15H20O5. The number of carbonyl (C=O) groups is 1. The van der Waals surface area contributed by atoms with E-state index in [0.717, 1.165) is 12.8 Å². The topological polar surface area (TPSA) is 54.0 Å². The summed E-state index contributed by atoms with van der Waals surface area (Å²) in [5.74, 6) is 2.50. The molecule has 1 aromatic rings. The van der Waals surface area contributed by atoms with Crippen LogP contribution in [0.15, 0.2) is 12.1 Å². The van der Waals surface area contributed by atoms with Gasteiger partial charge in [0.1, 0.15) is 17.6 Å². The molecule has 1 aliphatic rings. The van der Waals surface area contributed by atoms with Crippen LogP contribution in [0.3, 0.4) is 0 Å². The van der Waals surface area contributed by atoms with Gasteiger partial charge in [0.25, 0.3) is 0 Å². The fourth-order valence-electron chi connectivity index (χ4n) is 2.40. The van der Waals surface area contributed by atoms with Crippen molar-refractivity contribution < 1.29 is 23.7 Å². The summed E-state index contributed by atoms with van der Waals surface area (Å²) in [7, 11) is 4.68. The third-order valence-corrected chi connectivity index (χ3v) is 3.38. The molecule has 1 fully saturated rings. The summed E-state index contributed by atoms with van der Waals surface area (Å²) < 4.78 is 21.7. The second-order valence-electron chi connectivity index (χ2n) is 4.74. The summed E-state index contributed by atoms with van der Waals surface area (Å²) in [5.41, 5.74) is 0. The van der Waals surface area contributed by atoms with Gasteiger partial charge < -0.3 is 18.9 Å². The predicted molar refractivity (Wildman–Crippen MR) is 74.0 cm³/mol. The van der Waals surface area contributed by atoms with Crippen molar-refractivity contribution in [3.63, 3.8) is 0 Å². The van der Waals surface area contributed by atoms with Crippen molar-refractivity contribution in [1.82, 2.24) is 0 Å². The van der Waals surface area contributed by atoms with Crippen LogP contribution in [0.5, 0.6) is 23.0 Å². The Hall–Kier alpha value is -1.91. The highest BCUT2D eigenvalue weighted by Crippen LogP contribution is 2.41. The number of methoxy groups -OCH3 is 3. The van der Waals surface area contributed by atoms with E-state index in [2.05, 4.69) is 0 Å². The Morgan fingerprint density at radius 2 is 1.70 bits per heavy atom. The Bertz CT molecular complexity index is 458. The molecule has 110 valence electrons. The molecule has 5 nitrogen and oxygen atoms in total. The molecule has 1 aromatic carbocycles. The molecule has 0 saturated heterocycles. The van der Waals surface area contributed by atoms with Crippen molar-refractivity contribution >= 4 is 5.78 Å². The zero-order valence-electron chi connectivity index (χ0n) is 12.1. The molecule has 1 unspecified atom stereocenters. The molecular weight excluding hydrogens is 260 g/mol. The van der Waals surface area contributed by atoms with Gasteiger partial charge in [-0.1, -0.05) is 0 Å². The van der Waals surface area contributed by atoms with Crippen LogP contribution in [-0.4, -0.2) is 33.2 Å². The first-order valence-electron chi connectivity index (χ1n) is 6.66. The van der Waals surface area contributed by atoms with Gasteiger partial charge in [-0.2, -0.15) is 0 Å². The van der Waals surface area contributed by atoms with Gasteiger partial charge >= 0.3 is 0 Å². The quantitative estimate of drug-likeness (QED) is 0.829. The molecule has 0 spiro atoms. The third kappa shape index (κ3) is 3.15. The summed E-state index contributed by atoms with van der Waals surface area (Å²) in [5, 5.41) is 0. The van der Waals surface area contributed by atoms with Gasteiger partial charge in [-0.15, -0.1) is 0 Å². The molecule has 0 radical (unpaired) electrons. The zero-order valence-corrected chi connectivity index (χ0v) is 12.1. The molecule has 0 aromatic heterocycles. The fraction of sp³-hybridized carbons (Fsp3) is 0.533. The molecule has 0 aliphatic heterocycles. The minimum absolute atomic E-state index is 0.0703. The van der Waals surface area contributed by atoms with Crippen molar-refractivity contribution in [3.05, 3.63) is 12.1 Å². The lowest BCUT2D eigenvalue weighted by molar-refractivity contribution is -0.122. The molecule has 20 heavy (non-hydrogen) atoms. The highest BCUT2D eigenvalue weighted by atomic mass is 16.5. The number of rotatable bonds is 5. The van der Waals surface area contributed by atoms with E-state index < -0.39 is 0 Å². The molecule has 0 heterocycles. The van der Waals surface area contributed by atoms with E-state index >= 15 is 0 Å². The van der Waals surface area contributed by atoms with E-state index in [0.29, 0.717) is 35.8 Å². The van der Waals surface area contributed by atoms with Crippen LogP contribution in [0.25, 0.3) is 0 Å². The van der Waals surface area contributed by atoms with Gasteiger partial charge in [0.15, 0.2) is 11.5 Å². The second-order valence-corrected chi connectivity index (χ2v) is 4.74. The maximum Gasteiger partial charge on any atom is 0.203 e. The van der Waals surface area contributed by atoms with E-state index in [1.807, 2.05) is 0 Å². The third-order valence-electron chi connectivity index (χ3n) is 3.38. The molecule has 5 heteroatoms. The van der Waals surface area contributed by atoms with Gasteiger partial charge in [-0.25, -0.2) is 0 Å². The molecule has 0 bridgehead atoms. The summed E-state index contributed by atoms with van der Waals surface area (Å²) in [6, 6.07) is 3.50. The average molecular weight is 280 g/mol. The Labute approximate surface area is 118 Å². The lowest BCUT2D eigenvalue weighted by atomic mass is 9.96. The van der Waals surface area contributed by atoms with Gasteiger partial charge in [0.2, 0.25) is 5.75 Å². The molecule has 0 N–H and O–H groups in total. The lowest BCUT2D eigenvalue weighted by Gasteiger charge is -2.23. The van der Waals surface area contributed by atoms with Crippen molar-refractivity contribution in [2.75, 3.05) is 21.3 Å². The van der Waals surface area contributed by atoms with Gasteiger partial charge in [-0.05, 0) is 12.8 Å². The summed E-state index contributed by atoms with van der Waals surface area (Å²) in [6.07, 6.45) is 2.83. The smallest absolute Gasteiger partial charge is 0.203 e. The van der Waals surface area contributed by atoms with Crippen molar-refractivity contribution in [3.8, 4) is 23.0 Å². The Morgan fingerprint density at radius 1 is 1.05 bits per heavy atom. The molecule has 1 atom stereocenters. The summed E-state index contributed by atoms with van der Waals surface area (Å²) >= 11 is 0. The van der Waals surface area contributed by atoms with Crippen molar-refractivity contribution in [2.24, 2.45) is 0 Å². The maximum absolute atomic E-state index is 11.5. The lowest BCUT2D eigenvalue weighted by Crippen LogP contribution is -2.25. The Morgan fingerprint density at radius 3 is 2.20 bits per heavy atom. The van der Waals surface area contributed by atoms with Crippen LogP contribution in [-0.2, 0) is 4.79 Å². The summed E-state index contributed by atoms with van der Waals surface area (Å²) in [6.45, 7) is 0. The van der Waals surface area contributed by atoms with E-state index in [4.69, 9.17) is 18.9 Å². The zero-order chi connectivity index (χ0) is 14.5. The first-order chi connectivity index (χ1) is 9.67. The monoisotopic (exact) mass is 280 g/mol. The van der Waals surface area contributed by atoms with Gasteiger partial charge in [0.05, 0.1) is 21.3 Å². The van der Waals surface area contributed by atoms with E-state index in [1.165, 1.54) is 0 Å². The Balaban J connectivity index is 2.21. The van der Waals surface area contributed by atoms with Crippen molar-refractivity contribution in [2.45, 2.75) is 31.8 Å². The first kappa shape index (κ1) is 14.5. The molecule has 1 aliphatic carbocycles. The second kappa shape index (κ2) is 6.50. The van der Waals surface area contributed by atoms with Crippen molar-refractivity contribution in [1.29, 1.82) is 0 Å². The van der Waals surface area contributed by atoms with Crippen LogP contribution in [0.1, 0.15) is 25.7 Å². The summed E-state index contributed by atoms with van der Waals surface area (Å²) in [4.78, 5) is 11.5. The average Bonchev–Trinajstić information content (AvgIpc) is 2.46. The van der Waals surface area contributed by atoms with Gasteiger partial charge in [0, 0.05) is 25.0 Å². The standard InChI is InChI=1S/C15H20O5/c1-17-13-8-12(9-14(18-2)15(13)19-3)20-11-6-4-5-10(16)7-11/h8-9,11H,4-7H2,1-3H3. The molecule has 0 amide bonds. The van der Waals surface area contributed by atoms with Crippen LogP contribution >= 0.6 is 0 Å². The number of Topliss-reactive ketones (excluding diaryl/α,β-unsaturated/α-hetero) is 1. The normalized spacial score (nSPS) is 18.6. The highest BCUT2D eigenvalue weighted by molar-refractivity contribution is 5.79. The van der Waals surface area contributed by atoms with Crippen LogP contribution in [0.4, 0.5) is 0 Å². The minimum atomic E-state index is -0.0703. The highest BCUT2D eigenvalue weighted by Gasteiger charge is 2.22. The predicted octanol–water partition coefficient (Wildman–Crippen LogP) is 2.60. The van der Waals surface area contributed by atoms with Gasteiger partial charge in [-0.3, -0.25) is 4.79 Å². The Kier molecular flexibility index (Phi) is 4.71. The first-order valence-corrected chi connectivity index (χ1v) is 6.66. The van der Waals surface area contributed by atoms with Crippen LogP contribution in [0, 0.1) is 0 Å².